The summed E-state index contributed by atoms with van der Waals surface area (Å²) in [5.74, 6) is -1.73. The Morgan fingerprint density at radius 3 is 2.32 bits per heavy atom. The van der Waals surface area contributed by atoms with Gasteiger partial charge in [-0.25, -0.2) is 8.78 Å². The molecule has 0 fully saturated rings. The molecule has 0 spiro atoms. The molecule has 106 valence electrons. The molecular formula is C14H19F2NO2. The summed E-state index contributed by atoms with van der Waals surface area (Å²) in [6.45, 7) is 6.75. The summed E-state index contributed by atoms with van der Waals surface area (Å²) in [6.07, 6.45) is 0. The lowest BCUT2D eigenvalue weighted by molar-refractivity contribution is -0.153. The molecule has 0 radical (unpaired) electrons. The summed E-state index contributed by atoms with van der Waals surface area (Å²) in [4.78, 5) is 11.5. The van der Waals surface area contributed by atoms with Crippen LogP contribution in [0.2, 0.25) is 0 Å². The molecule has 5 heteroatoms. The predicted octanol–water partition coefficient (Wildman–Crippen LogP) is 2.96. The molecular weight excluding hydrogens is 252 g/mol. The molecule has 0 aliphatic carbocycles. The highest BCUT2D eigenvalue weighted by Crippen LogP contribution is 2.20. The normalized spacial score (nSPS) is 13.2. The SMILES string of the molecule is CC(NCC(=O)OC(C)(C)C)c1c(F)cccc1F. The second-order valence-corrected chi connectivity index (χ2v) is 5.32. The first-order valence-electron chi connectivity index (χ1n) is 6.10. The number of ether oxygens (including phenoxy) is 1. The summed E-state index contributed by atoms with van der Waals surface area (Å²) in [5.41, 5.74) is -0.656. The van der Waals surface area contributed by atoms with Crippen LogP contribution in [0.1, 0.15) is 39.3 Å². The fourth-order valence-electron chi connectivity index (χ4n) is 1.64. The van der Waals surface area contributed by atoms with E-state index in [9.17, 15) is 13.6 Å². The van der Waals surface area contributed by atoms with Crippen molar-refractivity contribution >= 4 is 5.97 Å². The van der Waals surface area contributed by atoms with E-state index >= 15 is 0 Å². The highest BCUT2D eigenvalue weighted by molar-refractivity contribution is 5.72. The van der Waals surface area contributed by atoms with Gasteiger partial charge < -0.3 is 10.1 Å². The first-order chi connectivity index (χ1) is 8.70. The maximum absolute atomic E-state index is 13.5. The van der Waals surface area contributed by atoms with Crippen LogP contribution in [0.25, 0.3) is 0 Å². The van der Waals surface area contributed by atoms with Crippen LogP contribution in [0.4, 0.5) is 8.78 Å². The van der Waals surface area contributed by atoms with Crippen LogP contribution < -0.4 is 5.32 Å². The molecule has 1 rings (SSSR count). The molecule has 1 aromatic carbocycles. The Balaban J connectivity index is 2.61. The Morgan fingerprint density at radius 1 is 1.32 bits per heavy atom. The molecule has 1 atom stereocenters. The van der Waals surface area contributed by atoms with Gasteiger partial charge in [0.2, 0.25) is 0 Å². The lowest BCUT2D eigenvalue weighted by Crippen LogP contribution is -2.33. The molecule has 19 heavy (non-hydrogen) atoms. The largest absolute Gasteiger partial charge is 0.459 e. The lowest BCUT2D eigenvalue weighted by atomic mass is 10.1. The second kappa shape index (κ2) is 6.10. The van der Waals surface area contributed by atoms with Crippen LogP contribution in [0, 0.1) is 11.6 Å². The first kappa shape index (κ1) is 15.6. The third-order valence-electron chi connectivity index (χ3n) is 2.41. The van der Waals surface area contributed by atoms with Gasteiger partial charge in [0, 0.05) is 11.6 Å². The van der Waals surface area contributed by atoms with Crippen molar-refractivity contribution in [1.29, 1.82) is 0 Å². The molecule has 0 aliphatic heterocycles. The Kier molecular flexibility index (Phi) is 5.00. The minimum absolute atomic E-state index is 0.0777. The van der Waals surface area contributed by atoms with Crippen molar-refractivity contribution < 1.29 is 18.3 Å². The molecule has 0 bridgehead atoms. The van der Waals surface area contributed by atoms with Gasteiger partial charge in [-0.1, -0.05) is 6.07 Å². The maximum Gasteiger partial charge on any atom is 0.320 e. The Morgan fingerprint density at radius 2 is 1.84 bits per heavy atom. The number of halogens is 2. The molecule has 0 aromatic heterocycles. The van der Waals surface area contributed by atoms with E-state index in [0.717, 1.165) is 0 Å². The number of hydrogen-bond donors (Lipinski definition) is 1. The van der Waals surface area contributed by atoms with E-state index in [1.807, 2.05) is 0 Å². The number of carbonyl (C=O) groups excluding carboxylic acids is 1. The molecule has 1 unspecified atom stereocenters. The van der Waals surface area contributed by atoms with Crippen LogP contribution in [0.5, 0.6) is 0 Å². The van der Waals surface area contributed by atoms with Gasteiger partial charge in [-0.05, 0) is 39.8 Å². The van der Waals surface area contributed by atoms with Crippen molar-refractivity contribution in [3.8, 4) is 0 Å². The Labute approximate surface area is 112 Å². The third kappa shape index (κ3) is 4.95. The fraction of sp³-hybridized carbons (Fsp3) is 0.500. The Bertz CT molecular complexity index is 435. The van der Waals surface area contributed by atoms with Crippen molar-refractivity contribution in [3.05, 3.63) is 35.4 Å². The molecule has 0 aliphatic rings. The van der Waals surface area contributed by atoms with E-state index in [1.54, 1.807) is 27.7 Å². The van der Waals surface area contributed by atoms with Crippen LogP contribution >= 0.6 is 0 Å². The number of carbonyl (C=O) groups is 1. The molecule has 0 saturated carbocycles. The number of nitrogens with one attached hydrogen (secondary N) is 1. The smallest absolute Gasteiger partial charge is 0.320 e. The summed E-state index contributed by atoms with van der Waals surface area (Å²) in [7, 11) is 0. The van der Waals surface area contributed by atoms with Crippen molar-refractivity contribution in [2.45, 2.75) is 39.3 Å². The highest BCUT2D eigenvalue weighted by atomic mass is 19.1. The molecule has 0 heterocycles. The van der Waals surface area contributed by atoms with Gasteiger partial charge in [0.05, 0.1) is 6.54 Å². The first-order valence-corrected chi connectivity index (χ1v) is 6.10. The van der Waals surface area contributed by atoms with Gasteiger partial charge in [0.25, 0.3) is 0 Å². The molecule has 1 aromatic rings. The molecule has 3 nitrogen and oxygen atoms in total. The van der Waals surface area contributed by atoms with Crippen molar-refractivity contribution in [2.75, 3.05) is 6.54 Å². The monoisotopic (exact) mass is 271 g/mol. The Hall–Kier alpha value is -1.49. The van der Waals surface area contributed by atoms with Gasteiger partial charge in [-0.15, -0.1) is 0 Å². The zero-order chi connectivity index (χ0) is 14.6. The van der Waals surface area contributed by atoms with Gasteiger partial charge >= 0.3 is 5.97 Å². The summed E-state index contributed by atoms with van der Waals surface area (Å²) in [6, 6.07) is 3.05. The number of benzene rings is 1. The van der Waals surface area contributed by atoms with Crippen LogP contribution in [0.15, 0.2) is 18.2 Å². The van der Waals surface area contributed by atoms with E-state index in [0.29, 0.717) is 0 Å². The quantitative estimate of drug-likeness (QED) is 0.856. The van der Waals surface area contributed by atoms with Gasteiger partial charge in [0.1, 0.15) is 17.2 Å². The molecule has 0 saturated heterocycles. The highest BCUT2D eigenvalue weighted by Gasteiger charge is 2.19. The van der Waals surface area contributed by atoms with E-state index in [4.69, 9.17) is 4.74 Å². The molecule has 0 amide bonds. The summed E-state index contributed by atoms with van der Waals surface area (Å²) in [5, 5.41) is 2.75. The second-order valence-electron chi connectivity index (χ2n) is 5.32. The number of hydrogen-bond acceptors (Lipinski definition) is 3. The van der Waals surface area contributed by atoms with Gasteiger partial charge in [0.15, 0.2) is 0 Å². The van der Waals surface area contributed by atoms with Crippen molar-refractivity contribution in [3.63, 3.8) is 0 Å². The van der Waals surface area contributed by atoms with E-state index in [1.165, 1.54) is 18.2 Å². The average molecular weight is 271 g/mol. The number of esters is 1. The van der Waals surface area contributed by atoms with Crippen LogP contribution in [0.3, 0.4) is 0 Å². The zero-order valence-corrected chi connectivity index (χ0v) is 11.6. The fourth-order valence-corrected chi connectivity index (χ4v) is 1.64. The van der Waals surface area contributed by atoms with Crippen molar-refractivity contribution in [2.24, 2.45) is 0 Å². The number of rotatable bonds is 4. The predicted molar refractivity (Wildman–Crippen MR) is 68.6 cm³/mol. The maximum atomic E-state index is 13.5. The van der Waals surface area contributed by atoms with E-state index in [-0.39, 0.29) is 12.1 Å². The van der Waals surface area contributed by atoms with Crippen LogP contribution in [-0.2, 0) is 9.53 Å². The average Bonchev–Trinajstić information content (AvgIpc) is 2.23. The minimum atomic E-state index is -0.635. The van der Waals surface area contributed by atoms with Gasteiger partial charge in [-0.3, -0.25) is 4.79 Å². The topological polar surface area (TPSA) is 38.3 Å². The van der Waals surface area contributed by atoms with Crippen LogP contribution in [-0.4, -0.2) is 18.1 Å². The zero-order valence-electron chi connectivity index (χ0n) is 11.6. The summed E-state index contributed by atoms with van der Waals surface area (Å²) < 4.78 is 32.1. The minimum Gasteiger partial charge on any atom is -0.459 e. The summed E-state index contributed by atoms with van der Waals surface area (Å²) >= 11 is 0. The molecule has 1 N–H and O–H groups in total. The lowest BCUT2D eigenvalue weighted by Gasteiger charge is -2.21. The standard InChI is InChI=1S/C14H19F2NO2/c1-9(13-10(15)6-5-7-11(13)16)17-8-12(18)19-14(2,3)4/h5-7,9,17H,8H2,1-4H3. The van der Waals surface area contributed by atoms with E-state index in [2.05, 4.69) is 5.32 Å². The third-order valence-corrected chi connectivity index (χ3v) is 2.41. The van der Waals surface area contributed by atoms with Gasteiger partial charge in [-0.2, -0.15) is 0 Å². The van der Waals surface area contributed by atoms with Crippen molar-refractivity contribution in [1.82, 2.24) is 5.32 Å². The van der Waals surface area contributed by atoms with E-state index < -0.39 is 29.2 Å².